The van der Waals surface area contributed by atoms with Crippen LogP contribution in [0.25, 0.3) is 0 Å². The van der Waals surface area contributed by atoms with Crippen LogP contribution in [0.2, 0.25) is 5.02 Å². The molecule has 1 fully saturated rings. The highest BCUT2D eigenvalue weighted by Crippen LogP contribution is 2.47. The van der Waals surface area contributed by atoms with Crippen LogP contribution < -0.4 is 10.2 Å². The van der Waals surface area contributed by atoms with Crippen LogP contribution in [0.4, 0.5) is 5.69 Å². The number of carbonyl (C=O) groups excluding carboxylic acids is 2. The number of nitrogens with zero attached hydrogens (tertiary/aromatic N) is 1. The number of fused-ring (bicyclic) bond motifs is 1. The SMILES string of the molecule is Cl.O=C1C=CC(=O)c2c(O)c(N3CCNCC3)c(Cl)c(O)c21. The fourth-order valence-corrected chi connectivity index (χ4v) is 2.96. The second-order valence-corrected chi connectivity index (χ2v) is 5.29. The van der Waals surface area contributed by atoms with Gasteiger partial charge in [-0.1, -0.05) is 11.6 Å². The molecule has 22 heavy (non-hydrogen) atoms. The van der Waals surface area contributed by atoms with Gasteiger partial charge in [-0.15, -0.1) is 12.4 Å². The van der Waals surface area contributed by atoms with Crippen LogP contribution in [0, 0.1) is 0 Å². The van der Waals surface area contributed by atoms with Crippen molar-refractivity contribution < 1.29 is 19.8 Å². The summed E-state index contributed by atoms with van der Waals surface area (Å²) in [5.41, 5.74) is -0.215. The molecule has 0 aromatic heterocycles. The first kappa shape index (κ1) is 16.6. The smallest absolute Gasteiger partial charge is 0.190 e. The number of aromatic hydroxyl groups is 2. The van der Waals surface area contributed by atoms with Crippen LogP contribution in [0.3, 0.4) is 0 Å². The summed E-state index contributed by atoms with van der Waals surface area (Å²) in [6.45, 7) is 2.54. The van der Waals surface area contributed by atoms with Crippen LogP contribution in [-0.4, -0.2) is 48.0 Å². The Morgan fingerprint density at radius 2 is 1.50 bits per heavy atom. The van der Waals surface area contributed by atoms with Crippen molar-refractivity contribution in [1.29, 1.82) is 0 Å². The van der Waals surface area contributed by atoms with Gasteiger partial charge in [0.1, 0.15) is 16.5 Å². The summed E-state index contributed by atoms with van der Waals surface area (Å²) in [4.78, 5) is 25.6. The normalized spacial score (nSPS) is 17.2. The molecule has 2 aliphatic rings. The Morgan fingerprint density at radius 3 is 2.05 bits per heavy atom. The Balaban J connectivity index is 0.00000176. The molecular weight excluding hydrogens is 331 g/mol. The molecule has 1 heterocycles. The Morgan fingerprint density at radius 1 is 1.00 bits per heavy atom. The van der Waals surface area contributed by atoms with Crippen molar-refractivity contribution in [2.45, 2.75) is 0 Å². The lowest BCUT2D eigenvalue weighted by Gasteiger charge is -2.32. The van der Waals surface area contributed by atoms with E-state index in [-0.39, 0.29) is 40.0 Å². The molecule has 0 atom stereocenters. The zero-order chi connectivity index (χ0) is 15.1. The summed E-state index contributed by atoms with van der Waals surface area (Å²) in [5, 5.41) is 23.6. The largest absolute Gasteiger partial charge is 0.505 e. The molecule has 0 spiro atoms. The average molecular weight is 345 g/mol. The Bertz CT molecular complexity index is 682. The van der Waals surface area contributed by atoms with Gasteiger partial charge in [-0.25, -0.2) is 0 Å². The van der Waals surface area contributed by atoms with E-state index in [0.29, 0.717) is 26.2 Å². The number of nitrogens with one attached hydrogen (secondary N) is 1. The highest BCUT2D eigenvalue weighted by atomic mass is 35.5. The molecule has 0 amide bonds. The van der Waals surface area contributed by atoms with Crippen LogP contribution in [0.5, 0.6) is 11.5 Å². The number of carbonyl (C=O) groups is 2. The summed E-state index contributed by atoms with van der Waals surface area (Å²) in [5.74, 6) is -1.88. The molecule has 1 aromatic carbocycles. The van der Waals surface area contributed by atoms with E-state index in [4.69, 9.17) is 11.6 Å². The number of halogens is 2. The standard InChI is InChI=1S/C14H13ClN2O4.ClH/c15-11-12(17-5-3-16-4-6-17)14(21)10-8(19)2-1-7(18)9(10)13(11)20;/h1-2,16,20-21H,3-6H2;1H. The Labute approximate surface area is 137 Å². The minimum atomic E-state index is -0.550. The van der Waals surface area contributed by atoms with Crippen LogP contribution in [-0.2, 0) is 0 Å². The lowest BCUT2D eigenvalue weighted by molar-refractivity contribution is 0.0989. The van der Waals surface area contributed by atoms with Crippen molar-refractivity contribution in [2.24, 2.45) is 0 Å². The third-order valence-electron chi connectivity index (χ3n) is 3.68. The molecule has 118 valence electrons. The van der Waals surface area contributed by atoms with Gasteiger partial charge in [0.05, 0.1) is 11.1 Å². The van der Waals surface area contributed by atoms with E-state index in [1.165, 1.54) is 0 Å². The molecule has 8 heteroatoms. The number of rotatable bonds is 1. The second kappa shape index (κ2) is 6.16. The maximum atomic E-state index is 12.0. The van der Waals surface area contributed by atoms with Crippen molar-refractivity contribution >= 4 is 41.3 Å². The van der Waals surface area contributed by atoms with E-state index in [1.807, 2.05) is 0 Å². The van der Waals surface area contributed by atoms with Crippen molar-refractivity contribution in [3.8, 4) is 11.5 Å². The number of anilines is 1. The molecule has 3 N–H and O–H groups in total. The van der Waals surface area contributed by atoms with Gasteiger partial charge in [0.15, 0.2) is 17.3 Å². The minimum absolute atomic E-state index is 0. The molecule has 6 nitrogen and oxygen atoms in total. The topological polar surface area (TPSA) is 89.9 Å². The third kappa shape index (κ3) is 2.43. The maximum absolute atomic E-state index is 12.0. The molecule has 1 aromatic rings. The lowest BCUT2D eigenvalue weighted by atomic mass is 9.91. The van der Waals surface area contributed by atoms with Gasteiger partial charge in [-0.3, -0.25) is 9.59 Å². The van der Waals surface area contributed by atoms with Gasteiger partial charge < -0.3 is 20.4 Å². The number of ketones is 2. The monoisotopic (exact) mass is 344 g/mol. The van der Waals surface area contributed by atoms with E-state index in [9.17, 15) is 19.8 Å². The third-order valence-corrected chi connectivity index (χ3v) is 4.03. The molecule has 0 saturated carbocycles. The quantitative estimate of drug-likeness (QED) is 0.669. The first-order valence-electron chi connectivity index (χ1n) is 6.52. The average Bonchev–Trinajstić information content (AvgIpc) is 2.48. The number of allylic oxidation sites excluding steroid dienone is 2. The summed E-state index contributed by atoms with van der Waals surface area (Å²) in [7, 11) is 0. The molecule has 1 aliphatic carbocycles. The van der Waals surface area contributed by atoms with E-state index >= 15 is 0 Å². The summed E-state index contributed by atoms with van der Waals surface area (Å²) < 4.78 is 0. The highest BCUT2D eigenvalue weighted by molar-refractivity contribution is 6.37. The predicted molar refractivity (Wildman–Crippen MR) is 84.9 cm³/mol. The first-order valence-corrected chi connectivity index (χ1v) is 6.90. The number of piperazine rings is 1. The van der Waals surface area contributed by atoms with E-state index < -0.39 is 17.3 Å². The fourth-order valence-electron chi connectivity index (χ4n) is 2.66. The molecule has 0 bridgehead atoms. The van der Waals surface area contributed by atoms with E-state index in [1.54, 1.807) is 4.90 Å². The molecule has 1 aliphatic heterocycles. The van der Waals surface area contributed by atoms with Crippen LogP contribution in [0.1, 0.15) is 20.7 Å². The Kier molecular flexibility index (Phi) is 4.65. The van der Waals surface area contributed by atoms with Gasteiger partial charge in [-0.05, 0) is 12.2 Å². The molecule has 3 rings (SSSR count). The van der Waals surface area contributed by atoms with Gasteiger partial charge >= 0.3 is 0 Å². The van der Waals surface area contributed by atoms with Crippen LogP contribution in [0.15, 0.2) is 12.2 Å². The Hall–Kier alpha value is -1.76. The highest BCUT2D eigenvalue weighted by Gasteiger charge is 2.33. The van der Waals surface area contributed by atoms with Crippen molar-refractivity contribution in [2.75, 3.05) is 31.1 Å². The predicted octanol–water partition coefficient (Wildman–Crippen LogP) is 1.52. The number of hydrogen-bond donors (Lipinski definition) is 3. The molecule has 0 radical (unpaired) electrons. The number of hydrogen-bond acceptors (Lipinski definition) is 6. The maximum Gasteiger partial charge on any atom is 0.190 e. The van der Waals surface area contributed by atoms with E-state index in [2.05, 4.69) is 5.32 Å². The summed E-state index contributed by atoms with van der Waals surface area (Å²) >= 11 is 6.12. The van der Waals surface area contributed by atoms with Gasteiger partial charge in [-0.2, -0.15) is 0 Å². The van der Waals surface area contributed by atoms with Crippen LogP contribution >= 0.6 is 24.0 Å². The van der Waals surface area contributed by atoms with Gasteiger partial charge in [0, 0.05) is 26.2 Å². The summed E-state index contributed by atoms with van der Waals surface area (Å²) in [6, 6.07) is 0. The second-order valence-electron chi connectivity index (χ2n) is 4.91. The zero-order valence-corrected chi connectivity index (χ0v) is 13.0. The lowest BCUT2D eigenvalue weighted by Crippen LogP contribution is -2.43. The number of benzene rings is 1. The minimum Gasteiger partial charge on any atom is -0.505 e. The molecule has 0 unspecified atom stereocenters. The molecular formula is C14H14Cl2N2O4. The molecule has 1 saturated heterocycles. The fraction of sp³-hybridized carbons (Fsp3) is 0.286. The van der Waals surface area contributed by atoms with Crippen molar-refractivity contribution in [3.63, 3.8) is 0 Å². The first-order chi connectivity index (χ1) is 10.0. The number of phenolic OH excluding ortho intramolecular Hbond substituents is 2. The van der Waals surface area contributed by atoms with E-state index in [0.717, 1.165) is 12.2 Å². The van der Waals surface area contributed by atoms with Crippen molar-refractivity contribution in [1.82, 2.24) is 5.32 Å². The van der Waals surface area contributed by atoms with Gasteiger partial charge in [0.25, 0.3) is 0 Å². The summed E-state index contributed by atoms with van der Waals surface area (Å²) in [6.07, 6.45) is 2.14. The van der Waals surface area contributed by atoms with Gasteiger partial charge in [0.2, 0.25) is 0 Å². The van der Waals surface area contributed by atoms with Crippen molar-refractivity contribution in [3.05, 3.63) is 28.3 Å². The zero-order valence-electron chi connectivity index (χ0n) is 11.4. The number of phenols is 2.